The molecule has 1 aliphatic carbocycles. The molecule has 3 nitrogen and oxygen atoms in total. The molecule has 0 aromatic heterocycles. The summed E-state index contributed by atoms with van der Waals surface area (Å²) in [5.41, 5.74) is 3.02. The van der Waals surface area contributed by atoms with Gasteiger partial charge in [0.15, 0.2) is 0 Å². The van der Waals surface area contributed by atoms with E-state index in [1.807, 2.05) is 0 Å². The summed E-state index contributed by atoms with van der Waals surface area (Å²) in [6.07, 6.45) is 1.31. The van der Waals surface area contributed by atoms with Gasteiger partial charge in [0.2, 0.25) is 0 Å². The van der Waals surface area contributed by atoms with Gasteiger partial charge in [0, 0.05) is 38.4 Å². The SMILES string of the molecule is CC1(C)[C@@H](COCc2ccccc2)C[C@H]1CN1CCN(c2ccccc2)CC1. The van der Waals surface area contributed by atoms with Crippen LogP contribution in [0.2, 0.25) is 0 Å². The predicted octanol–water partition coefficient (Wildman–Crippen LogP) is 4.69. The highest BCUT2D eigenvalue weighted by Gasteiger charge is 2.48. The highest BCUT2D eigenvalue weighted by Crippen LogP contribution is 2.51. The minimum absolute atomic E-state index is 0.382. The summed E-state index contributed by atoms with van der Waals surface area (Å²) < 4.78 is 6.04. The minimum atomic E-state index is 0.382. The van der Waals surface area contributed by atoms with Gasteiger partial charge in [0.05, 0.1) is 13.2 Å². The lowest BCUT2D eigenvalue weighted by molar-refractivity contribution is -0.0860. The molecule has 0 radical (unpaired) electrons. The zero-order chi connectivity index (χ0) is 19.4. The van der Waals surface area contributed by atoms with E-state index in [4.69, 9.17) is 4.74 Å². The van der Waals surface area contributed by atoms with E-state index in [9.17, 15) is 0 Å². The molecule has 1 aliphatic heterocycles. The first-order valence-electron chi connectivity index (χ1n) is 10.8. The van der Waals surface area contributed by atoms with Crippen molar-refractivity contribution in [2.45, 2.75) is 26.9 Å². The van der Waals surface area contributed by atoms with Gasteiger partial charge >= 0.3 is 0 Å². The summed E-state index contributed by atoms with van der Waals surface area (Å²) in [6.45, 7) is 12.4. The maximum Gasteiger partial charge on any atom is 0.0717 e. The number of hydrogen-bond donors (Lipinski definition) is 0. The van der Waals surface area contributed by atoms with E-state index in [1.165, 1.54) is 37.3 Å². The first kappa shape index (κ1) is 19.5. The van der Waals surface area contributed by atoms with E-state index in [0.29, 0.717) is 11.3 Å². The zero-order valence-corrected chi connectivity index (χ0v) is 17.4. The third-order valence-corrected chi connectivity index (χ3v) is 7.08. The molecular formula is C25H34N2O. The summed E-state index contributed by atoms with van der Waals surface area (Å²) >= 11 is 0. The highest BCUT2D eigenvalue weighted by atomic mass is 16.5. The molecule has 2 atom stereocenters. The van der Waals surface area contributed by atoms with Crippen LogP contribution in [-0.2, 0) is 11.3 Å². The lowest BCUT2D eigenvalue weighted by Gasteiger charge is -2.54. The smallest absolute Gasteiger partial charge is 0.0717 e. The van der Waals surface area contributed by atoms with Crippen LogP contribution in [-0.4, -0.2) is 44.2 Å². The van der Waals surface area contributed by atoms with Crippen LogP contribution in [0.1, 0.15) is 25.8 Å². The molecule has 1 saturated heterocycles. The standard InChI is InChI=1S/C25H34N2O/c1-25(2)22(17-23(25)20-28-19-21-9-5-3-6-10-21)18-26-13-15-27(16-14-26)24-11-7-4-8-12-24/h3-12,22-23H,13-20H2,1-2H3/t22-,23+/m0/s1. The van der Waals surface area contributed by atoms with E-state index in [2.05, 4.69) is 84.3 Å². The van der Waals surface area contributed by atoms with Crippen LogP contribution in [0.25, 0.3) is 0 Å². The Kier molecular flexibility index (Phi) is 6.03. The van der Waals surface area contributed by atoms with Gasteiger partial charge in [-0.3, -0.25) is 4.90 Å². The number of benzene rings is 2. The molecule has 0 spiro atoms. The Morgan fingerprint density at radius 3 is 2.14 bits per heavy atom. The summed E-state index contributed by atoms with van der Waals surface area (Å²) in [6, 6.07) is 21.3. The number of ether oxygens (including phenoxy) is 1. The molecule has 1 heterocycles. The Morgan fingerprint density at radius 2 is 1.50 bits per heavy atom. The Hall–Kier alpha value is -1.84. The molecule has 0 unspecified atom stereocenters. The lowest BCUT2D eigenvalue weighted by atomic mass is 9.55. The van der Waals surface area contributed by atoms with E-state index in [-0.39, 0.29) is 0 Å². The van der Waals surface area contributed by atoms with Gasteiger partial charge in [0.1, 0.15) is 0 Å². The number of anilines is 1. The summed E-state index contributed by atoms with van der Waals surface area (Å²) in [4.78, 5) is 5.19. The second-order valence-electron chi connectivity index (χ2n) is 9.07. The average molecular weight is 379 g/mol. The van der Waals surface area contributed by atoms with Crippen molar-refractivity contribution in [1.29, 1.82) is 0 Å². The van der Waals surface area contributed by atoms with Crippen LogP contribution in [0, 0.1) is 17.3 Å². The van der Waals surface area contributed by atoms with Gasteiger partial charge in [-0.15, -0.1) is 0 Å². The summed E-state index contributed by atoms with van der Waals surface area (Å²) in [5, 5.41) is 0. The van der Waals surface area contributed by atoms with Crippen LogP contribution in [0.5, 0.6) is 0 Å². The average Bonchev–Trinajstić information content (AvgIpc) is 2.74. The second kappa shape index (κ2) is 8.67. The molecule has 2 aromatic carbocycles. The second-order valence-corrected chi connectivity index (χ2v) is 9.07. The third kappa shape index (κ3) is 4.42. The van der Waals surface area contributed by atoms with Crippen molar-refractivity contribution >= 4 is 5.69 Å². The van der Waals surface area contributed by atoms with Crippen LogP contribution in [0.4, 0.5) is 5.69 Å². The van der Waals surface area contributed by atoms with Crippen molar-refractivity contribution in [1.82, 2.24) is 4.90 Å². The van der Waals surface area contributed by atoms with Crippen molar-refractivity contribution in [3.63, 3.8) is 0 Å². The van der Waals surface area contributed by atoms with E-state index in [1.54, 1.807) is 0 Å². The number of rotatable bonds is 7. The fourth-order valence-corrected chi connectivity index (χ4v) is 4.75. The lowest BCUT2D eigenvalue weighted by Crippen LogP contribution is -2.55. The van der Waals surface area contributed by atoms with E-state index in [0.717, 1.165) is 32.2 Å². The van der Waals surface area contributed by atoms with E-state index >= 15 is 0 Å². The Balaban J connectivity index is 1.19. The largest absolute Gasteiger partial charge is 0.376 e. The monoisotopic (exact) mass is 378 g/mol. The molecule has 28 heavy (non-hydrogen) atoms. The van der Waals surface area contributed by atoms with Gasteiger partial charge in [-0.2, -0.15) is 0 Å². The number of para-hydroxylation sites is 1. The quantitative estimate of drug-likeness (QED) is 0.695. The van der Waals surface area contributed by atoms with Crippen LogP contribution in [0.15, 0.2) is 60.7 Å². The van der Waals surface area contributed by atoms with Crippen molar-refractivity contribution in [2.24, 2.45) is 17.3 Å². The molecule has 3 heteroatoms. The van der Waals surface area contributed by atoms with Gasteiger partial charge in [-0.25, -0.2) is 0 Å². The van der Waals surface area contributed by atoms with Gasteiger partial charge in [-0.1, -0.05) is 62.4 Å². The minimum Gasteiger partial charge on any atom is -0.376 e. The first-order valence-corrected chi connectivity index (χ1v) is 10.8. The molecule has 2 aliphatic rings. The maximum atomic E-state index is 6.04. The third-order valence-electron chi connectivity index (χ3n) is 7.08. The molecule has 2 fully saturated rings. The Morgan fingerprint density at radius 1 is 0.857 bits per heavy atom. The molecule has 4 rings (SSSR count). The van der Waals surface area contributed by atoms with Gasteiger partial charge < -0.3 is 9.64 Å². The topological polar surface area (TPSA) is 15.7 Å². The molecule has 0 amide bonds. The molecule has 1 saturated carbocycles. The molecule has 0 bridgehead atoms. The number of hydrogen-bond acceptors (Lipinski definition) is 3. The van der Waals surface area contributed by atoms with Gasteiger partial charge in [-0.05, 0) is 41.4 Å². The van der Waals surface area contributed by atoms with Gasteiger partial charge in [0.25, 0.3) is 0 Å². The first-order chi connectivity index (χ1) is 13.6. The van der Waals surface area contributed by atoms with Crippen LogP contribution in [0.3, 0.4) is 0 Å². The van der Waals surface area contributed by atoms with Crippen LogP contribution >= 0.6 is 0 Å². The maximum absolute atomic E-state index is 6.04. The van der Waals surface area contributed by atoms with Crippen molar-refractivity contribution < 1.29 is 4.74 Å². The van der Waals surface area contributed by atoms with E-state index < -0.39 is 0 Å². The van der Waals surface area contributed by atoms with Crippen molar-refractivity contribution in [2.75, 3.05) is 44.2 Å². The summed E-state index contributed by atoms with van der Waals surface area (Å²) in [7, 11) is 0. The summed E-state index contributed by atoms with van der Waals surface area (Å²) in [5.74, 6) is 1.48. The Labute approximate surface area is 170 Å². The normalized spacial score (nSPS) is 24.7. The van der Waals surface area contributed by atoms with Crippen molar-refractivity contribution in [3.05, 3.63) is 66.2 Å². The molecule has 150 valence electrons. The Bertz CT molecular complexity index is 723. The molecular weight excluding hydrogens is 344 g/mol. The fourth-order valence-electron chi connectivity index (χ4n) is 4.75. The fraction of sp³-hybridized carbons (Fsp3) is 0.520. The van der Waals surface area contributed by atoms with Crippen molar-refractivity contribution in [3.8, 4) is 0 Å². The van der Waals surface area contributed by atoms with Crippen LogP contribution < -0.4 is 4.90 Å². The molecule has 2 aromatic rings. The zero-order valence-electron chi connectivity index (χ0n) is 17.4. The predicted molar refractivity (Wildman–Crippen MR) is 117 cm³/mol. The highest BCUT2D eigenvalue weighted by molar-refractivity contribution is 5.46. The number of piperazine rings is 1. The molecule has 0 N–H and O–H groups in total. The number of nitrogens with zero attached hydrogens (tertiary/aromatic N) is 2.